The summed E-state index contributed by atoms with van der Waals surface area (Å²) in [5.74, 6) is 0.664. The van der Waals surface area contributed by atoms with Crippen molar-refractivity contribution in [2.75, 3.05) is 13.1 Å². The van der Waals surface area contributed by atoms with Gasteiger partial charge in [-0.2, -0.15) is 0 Å². The Morgan fingerprint density at radius 3 is 2.94 bits per heavy atom. The monoisotopic (exact) mass is 234 g/mol. The molecule has 0 N–H and O–H groups in total. The molecule has 0 bridgehead atoms. The van der Waals surface area contributed by atoms with Crippen LogP contribution in [0.1, 0.15) is 36.2 Å². The predicted molar refractivity (Wildman–Crippen MR) is 62.7 cm³/mol. The fourth-order valence-corrected chi connectivity index (χ4v) is 2.82. The highest BCUT2D eigenvalue weighted by atomic mass is 16.1. The smallest absolute Gasteiger partial charge is 0.171 e. The molecule has 1 aromatic heterocycles. The molecule has 1 aromatic rings. The average Bonchev–Trinajstić information content (AvgIpc) is 2.86. The van der Waals surface area contributed by atoms with Crippen LogP contribution in [0.25, 0.3) is 0 Å². The largest absolute Gasteiger partial charge is 0.300 e. The van der Waals surface area contributed by atoms with Crippen LogP contribution in [0.2, 0.25) is 0 Å². The zero-order chi connectivity index (χ0) is 11.7. The molecule has 17 heavy (non-hydrogen) atoms. The van der Waals surface area contributed by atoms with Gasteiger partial charge in [-0.1, -0.05) is 11.6 Å². The predicted octanol–water partition coefficient (Wildman–Crippen LogP) is 0.965. The molecule has 92 valence electrons. The van der Waals surface area contributed by atoms with Crippen molar-refractivity contribution in [2.45, 2.75) is 38.3 Å². The van der Waals surface area contributed by atoms with Gasteiger partial charge in [0.2, 0.25) is 0 Å². The normalized spacial score (nSPS) is 26.0. The summed E-state index contributed by atoms with van der Waals surface area (Å²) in [6.07, 6.45) is 7.89. The zero-order valence-corrected chi connectivity index (χ0v) is 9.96. The zero-order valence-electron chi connectivity index (χ0n) is 9.96. The molecule has 5 nitrogen and oxygen atoms in total. The topological polar surface area (TPSA) is 51.0 Å². The molecular weight excluding hydrogens is 216 g/mol. The summed E-state index contributed by atoms with van der Waals surface area (Å²) >= 11 is 0. The van der Waals surface area contributed by atoms with Crippen molar-refractivity contribution in [2.24, 2.45) is 5.92 Å². The Balaban J connectivity index is 1.54. The van der Waals surface area contributed by atoms with Gasteiger partial charge >= 0.3 is 0 Å². The maximum Gasteiger partial charge on any atom is 0.171 e. The highest BCUT2D eigenvalue weighted by Gasteiger charge is 2.31. The summed E-state index contributed by atoms with van der Waals surface area (Å²) in [5.41, 5.74) is 0.429. The minimum absolute atomic E-state index is 0.429. The molecule has 2 heterocycles. The number of hydrogen-bond acceptors (Lipinski definition) is 4. The lowest BCUT2D eigenvalue weighted by atomic mass is 9.92. The Morgan fingerprint density at radius 2 is 2.29 bits per heavy atom. The van der Waals surface area contributed by atoms with E-state index < -0.39 is 0 Å². The summed E-state index contributed by atoms with van der Waals surface area (Å²) < 4.78 is 1.80. The first-order chi connectivity index (χ1) is 8.35. The van der Waals surface area contributed by atoms with E-state index >= 15 is 0 Å². The molecule has 1 aliphatic carbocycles. The molecule has 3 rings (SSSR count). The Morgan fingerprint density at radius 1 is 1.41 bits per heavy atom. The van der Waals surface area contributed by atoms with Crippen molar-refractivity contribution >= 4 is 6.29 Å². The number of nitrogens with zero attached hydrogens (tertiary/aromatic N) is 4. The molecule has 0 amide bonds. The molecule has 0 radical (unpaired) electrons. The Labute approximate surface area is 101 Å². The molecule has 1 atom stereocenters. The molecule has 5 heteroatoms. The first kappa shape index (κ1) is 10.9. The molecular formula is C12H18N4O. The van der Waals surface area contributed by atoms with E-state index in [0.29, 0.717) is 11.6 Å². The third-order valence-corrected chi connectivity index (χ3v) is 4.03. The van der Waals surface area contributed by atoms with Gasteiger partial charge in [-0.05, 0) is 31.7 Å². The molecule has 1 saturated carbocycles. The fraction of sp³-hybridized carbons (Fsp3) is 0.750. The first-order valence-electron chi connectivity index (χ1n) is 6.44. The standard InChI is InChI=1S/C12H18N4O/c17-9-11-8-16(14-13-11)7-10-4-5-15(6-10)12-2-1-3-12/h8-10,12H,1-7H2/t10-/m0/s1. The number of likely N-dealkylation sites (tertiary alicyclic amines) is 1. The van der Waals surface area contributed by atoms with Gasteiger partial charge in [-0.3, -0.25) is 9.48 Å². The van der Waals surface area contributed by atoms with Gasteiger partial charge in [0.1, 0.15) is 5.69 Å². The van der Waals surface area contributed by atoms with Gasteiger partial charge in [0.15, 0.2) is 6.29 Å². The number of rotatable bonds is 4. The van der Waals surface area contributed by atoms with Gasteiger partial charge in [-0.25, -0.2) is 0 Å². The minimum atomic E-state index is 0.429. The van der Waals surface area contributed by atoms with Gasteiger partial charge in [0.25, 0.3) is 0 Å². The summed E-state index contributed by atoms with van der Waals surface area (Å²) in [4.78, 5) is 13.1. The second-order valence-electron chi connectivity index (χ2n) is 5.22. The summed E-state index contributed by atoms with van der Waals surface area (Å²) in [7, 11) is 0. The molecule has 2 aliphatic rings. The lowest BCUT2D eigenvalue weighted by Crippen LogP contribution is -2.38. The van der Waals surface area contributed by atoms with Crippen LogP contribution in [0, 0.1) is 5.92 Å². The minimum Gasteiger partial charge on any atom is -0.300 e. The molecule has 1 aliphatic heterocycles. The van der Waals surface area contributed by atoms with Crippen LogP contribution in [-0.4, -0.2) is 45.3 Å². The van der Waals surface area contributed by atoms with E-state index in [9.17, 15) is 4.79 Å². The summed E-state index contributed by atoms with van der Waals surface area (Å²) in [6, 6.07) is 0.848. The summed E-state index contributed by atoms with van der Waals surface area (Å²) in [5, 5.41) is 7.76. The Kier molecular flexibility index (Phi) is 2.93. The van der Waals surface area contributed by atoms with Crippen LogP contribution in [-0.2, 0) is 6.54 Å². The van der Waals surface area contributed by atoms with Gasteiger partial charge in [-0.15, -0.1) is 5.10 Å². The first-order valence-corrected chi connectivity index (χ1v) is 6.44. The van der Waals surface area contributed by atoms with E-state index in [1.165, 1.54) is 38.8 Å². The summed E-state index contributed by atoms with van der Waals surface area (Å²) in [6.45, 7) is 3.30. The maximum atomic E-state index is 10.5. The number of aldehydes is 1. The number of carbonyl (C=O) groups excluding carboxylic acids is 1. The molecule has 0 unspecified atom stereocenters. The third-order valence-electron chi connectivity index (χ3n) is 4.03. The van der Waals surface area contributed by atoms with Crippen LogP contribution in [0.4, 0.5) is 0 Å². The molecule has 1 saturated heterocycles. The Bertz CT molecular complexity index is 399. The van der Waals surface area contributed by atoms with Crippen LogP contribution in [0.15, 0.2) is 6.20 Å². The Hall–Kier alpha value is -1.23. The van der Waals surface area contributed by atoms with E-state index in [1.54, 1.807) is 10.9 Å². The van der Waals surface area contributed by atoms with Crippen molar-refractivity contribution < 1.29 is 4.79 Å². The molecule has 2 fully saturated rings. The van der Waals surface area contributed by atoms with E-state index in [4.69, 9.17) is 0 Å². The third kappa shape index (κ3) is 2.24. The second kappa shape index (κ2) is 4.56. The van der Waals surface area contributed by atoms with Crippen molar-refractivity contribution in [1.82, 2.24) is 19.9 Å². The van der Waals surface area contributed by atoms with Gasteiger partial charge in [0, 0.05) is 19.1 Å². The quantitative estimate of drug-likeness (QED) is 0.728. The lowest BCUT2D eigenvalue weighted by molar-refractivity contribution is 0.111. The van der Waals surface area contributed by atoms with Crippen LogP contribution < -0.4 is 0 Å². The number of hydrogen-bond donors (Lipinski definition) is 0. The SMILES string of the molecule is O=Cc1cn(C[C@H]2CCN(C3CCC3)C2)nn1. The van der Waals surface area contributed by atoms with Crippen molar-refractivity contribution in [3.8, 4) is 0 Å². The van der Waals surface area contributed by atoms with Gasteiger partial charge < -0.3 is 4.90 Å². The number of aromatic nitrogens is 3. The molecule has 0 spiro atoms. The molecule has 0 aromatic carbocycles. The second-order valence-corrected chi connectivity index (χ2v) is 5.22. The number of carbonyl (C=O) groups is 1. The van der Waals surface area contributed by atoms with Crippen LogP contribution in [0.3, 0.4) is 0 Å². The van der Waals surface area contributed by atoms with E-state index in [-0.39, 0.29) is 0 Å². The maximum absolute atomic E-state index is 10.5. The van der Waals surface area contributed by atoms with E-state index in [2.05, 4.69) is 15.2 Å². The van der Waals surface area contributed by atoms with Crippen molar-refractivity contribution in [1.29, 1.82) is 0 Å². The van der Waals surface area contributed by atoms with Crippen molar-refractivity contribution in [3.05, 3.63) is 11.9 Å². The fourth-order valence-electron chi connectivity index (χ4n) is 2.82. The highest BCUT2D eigenvalue weighted by molar-refractivity contribution is 5.70. The van der Waals surface area contributed by atoms with Crippen molar-refractivity contribution in [3.63, 3.8) is 0 Å². The highest BCUT2D eigenvalue weighted by Crippen LogP contribution is 2.30. The van der Waals surface area contributed by atoms with E-state index in [1.807, 2.05) is 0 Å². The van der Waals surface area contributed by atoms with E-state index in [0.717, 1.165) is 18.9 Å². The van der Waals surface area contributed by atoms with Crippen LogP contribution >= 0.6 is 0 Å². The van der Waals surface area contributed by atoms with Crippen LogP contribution in [0.5, 0.6) is 0 Å². The van der Waals surface area contributed by atoms with Gasteiger partial charge in [0.05, 0.1) is 6.20 Å². The average molecular weight is 234 g/mol. The lowest BCUT2D eigenvalue weighted by Gasteiger charge is -2.34.